The van der Waals surface area contributed by atoms with E-state index < -0.39 is 22.0 Å². The predicted molar refractivity (Wildman–Crippen MR) is 88.2 cm³/mol. The van der Waals surface area contributed by atoms with Gasteiger partial charge in [-0.3, -0.25) is 4.79 Å². The smallest absolute Gasteiger partial charge is 0.326 e. The van der Waals surface area contributed by atoms with Gasteiger partial charge in [0.05, 0.1) is 4.90 Å². The van der Waals surface area contributed by atoms with Crippen LogP contribution in [0.4, 0.5) is 0 Å². The summed E-state index contributed by atoms with van der Waals surface area (Å²) in [6.07, 6.45) is 1.08. The van der Waals surface area contributed by atoms with E-state index in [1.165, 1.54) is 40.5 Å². The minimum atomic E-state index is -3.61. The second-order valence-electron chi connectivity index (χ2n) is 6.13. The van der Waals surface area contributed by atoms with Crippen molar-refractivity contribution in [2.45, 2.75) is 43.7 Å². The summed E-state index contributed by atoms with van der Waals surface area (Å²) in [6, 6.07) is 4.63. The molecule has 1 amide bonds. The summed E-state index contributed by atoms with van der Waals surface area (Å²) in [6.45, 7) is 3.94. The maximum atomic E-state index is 12.5. The fraction of sp³-hybridized carbons (Fsp3) is 0.500. The first-order valence-electron chi connectivity index (χ1n) is 7.78. The Hall–Kier alpha value is -1.93. The van der Waals surface area contributed by atoms with Crippen molar-refractivity contribution < 1.29 is 23.1 Å². The van der Waals surface area contributed by atoms with Crippen molar-refractivity contribution >= 4 is 21.9 Å². The molecule has 0 aliphatic carbocycles. The van der Waals surface area contributed by atoms with E-state index in [2.05, 4.69) is 0 Å². The molecule has 1 aliphatic heterocycles. The Kier molecular flexibility index (Phi) is 5.29. The molecule has 1 aromatic carbocycles. The first-order valence-corrected chi connectivity index (χ1v) is 9.22. The van der Waals surface area contributed by atoms with E-state index in [-0.39, 0.29) is 22.4 Å². The Labute approximate surface area is 141 Å². The van der Waals surface area contributed by atoms with Crippen LogP contribution in [0.5, 0.6) is 0 Å². The Bertz CT molecular complexity index is 727. The van der Waals surface area contributed by atoms with E-state index in [9.17, 15) is 18.0 Å². The fourth-order valence-corrected chi connectivity index (χ4v) is 4.01. The fourth-order valence-electron chi connectivity index (χ4n) is 2.65. The van der Waals surface area contributed by atoms with Crippen molar-refractivity contribution in [1.82, 2.24) is 9.21 Å². The van der Waals surface area contributed by atoms with Crippen LogP contribution in [0.25, 0.3) is 0 Å². The van der Waals surface area contributed by atoms with Crippen LogP contribution in [0.1, 0.15) is 37.0 Å². The van der Waals surface area contributed by atoms with Crippen LogP contribution in [0, 0.1) is 0 Å². The highest BCUT2D eigenvalue weighted by Crippen LogP contribution is 2.22. The molecule has 1 N–H and O–H groups in total. The second-order valence-corrected chi connectivity index (χ2v) is 8.13. The first-order chi connectivity index (χ1) is 11.2. The number of rotatable bonds is 5. The van der Waals surface area contributed by atoms with Crippen LogP contribution in [0.2, 0.25) is 0 Å². The highest BCUT2D eigenvalue weighted by atomic mass is 32.2. The number of hydrogen-bond acceptors (Lipinski definition) is 4. The third-order valence-corrected chi connectivity index (χ3v) is 6.35. The van der Waals surface area contributed by atoms with Crippen molar-refractivity contribution in [2.75, 3.05) is 13.6 Å². The maximum Gasteiger partial charge on any atom is 0.326 e. The zero-order chi connectivity index (χ0) is 18.1. The van der Waals surface area contributed by atoms with Gasteiger partial charge in [0.15, 0.2) is 0 Å². The molecule has 1 atom stereocenters. The Morgan fingerprint density at radius 1 is 1.25 bits per heavy atom. The number of carbonyl (C=O) groups excluding carboxylic acids is 1. The zero-order valence-electron chi connectivity index (χ0n) is 14.0. The summed E-state index contributed by atoms with van der Waals surface area (Å²) in [5.74, 6) is -1.40. The SMILES string of the molecule is CC(C)N(C)S(=O)(=O)c1ccc(C(=O)N2CCC[C@H]2C(=O)O)cc1. The van der Waals surface area contributed by atoms with Gasteiger partial charge in [0, 0.05) is 25.2 Å². The van der Waals surface area contributed by atoms with Gasteiger partial charge in [-0.15, -0.1) is 0 Å². The van der Waals surface area contributed by atoms with E-state index in [1.54, 1.807) is 13.8 Å². The molecule has 0 unspecified atom stereocenters. The van der Waals surface area contributed by atoms with Crippen molar-refractivity contribution in [3.05, 3.63) is 29.8 Å². The molecule has 0 bridgehead atoms. The summed E-state index contributed by atoms with van der Waals surface area (Å²) in [5.41, 5.74) is 0.286. The number of carboxylic acid groups (broad SMARTS) is 1. The molecular formula is C16H22N2O5S. The van der Waals surface area contributed by atoms with E-state index in [4.69, 9.17) is 5.11 Å². The van der Waals surface area contributed by atoms with Gasteiger partial charge >= 0.3 is 5.97 Å². The van der Waals surface area contributed by atoms with E-state index in [0.717, 1.165) is 0 Å². The maximum absolute atomic E-state index is 12.5. The highest BCUT2D eigenvalue weighted by molar-refractivity contribution is 7.89. The Morgan fingerprint density at radius 3 is 2.33 bits per heavy atom. The van der Waals surface area contributed by atoms with Gasteiger partial charge in [-0.25, -0.2) is 13.2 Å². The number of nitrogens with zero attached hydrogens (tertiary/aromatic N) is 2. The minimum absolute atomic E-state index is 0.103. The molecule has 1 saturated heterocycles. The van der Waals surface area contributed by atoms with Gasteiger partial charge < -0.3 is 10.0 Å². The normalized spacial score (nSPS) is 18.4. The molecule has 0 spiro atoms. The monoisotopic (exact) mass is 354 g/mol. The van der Waals surface area contributed by atoms with Gasteiger partial charge in [-0.1, -0.05) is 0 Å². The minimum Gasteiger partial charge on any atom is -0.480 e. The molecule has 0 saturated carbocycles. The molecule has 7 nitrogen and oxygen atoms in total. The number of benzene rings is 1. The van der Waals surface area contributed by atoms with Gasteiger partial charge in [-0.05, 0) is 51.0 Å². The molecule has 1 heterocycles. The lowest BCUT2D eigenvalue weighted by Crippen LogP contribution is -2.40. The average molecular weight is 354 g/mol. The number of hydrogen-bond donors (Lipinski definition) is 1. The lowest BCUT2D eigenvalue weighted by Gasteiger charge is -2.22. The number of amides is 1. The van der Waals surface area contributed by atoms with Gasteiger partial charge in [0.1, 0.15) is 6.04 Å². The van der Waals surface area contributed by atoms with E-state index >= 15 is 0 Å². The summed E-state index contributed by atoms with van der Waals surface area (Å²) in [7, 11) is -2.11. The summed E-state index contributed by atoms with van der Waals surface area (Å²) >= 11 is 0. The quantitative estimate of drug-likeness (QED) is 0.862. The topological polar surface area (TPSA) is 95.0 Å². The first kappa shape index (κ1) is 18.4. The molecular weight excluding hydrogens is 332 g/mol. The number of sulfonamides is 1. The largest absolute Gasteiger partial charge is 0.480 e. The highest BCUT2D eigenvalue weighted by Gasteiger charge is 2.34. The van der Waals surface area contributed by atoms with Gasteiger partial charge in [-0.2, -0.15) is 4.31 Å². The molecule has 1 aromatic rings. The number of carbonyl (C=O) groups is 2. The molecule has 2 rings (SSSR count). The lowest BCUT2D eigenvalue weighted by atomic mass is 10.1. The van der Waals surface area contributed by atoms with Gasteiger partial charge in [0.2, 0.25) is 10.0 Å². The van der Waals surface area contributed by atoms with Crippen LogP contribution >= 0.6 is 0 Å². The Morgan fingerprint density at radius 2 is 1.83 bits per heavy atom. The molecule has 24 heavy (non-hydrogen) atoms. The lowest BCUT2D eigenvalue weighted by molar-refractivity contribution is -0.141. The van der Waals surface area contributed by atoms with Crippen molar-refractivity contribution in [2.24, 2.45) is 0 Å². The Balaban J connectivity index is 2.24. The molecule has 8 heteroatoms. The van der Waals surface area contributed by atoms with Gasteiger partial charge in [0.25, 0.3) is 5.91 Å². The summed E-state index contributed by atoms with van der Waals surface area (Å²) in [5, 5.41) is 9.16. The van der Waals surface area contributed by atoms with E-state index in [0.29, 0.717) is 19.4 Å². The predicted octanol–water partition coefficient (Wildman–Crippen LogP) is 1.40. The van der Waals surface area contributed by atoms with Crippen LogP contribution in [-0.4, -0.2) is 60.3 Å². The van der Waals surface area contributed by atoms with Crippen LogP contribution in [0.15, 0.2) is 29.2 Å². The standard InChI is InChI=1S/C16H22N2O5S/c1-11(2)17(3)24(22,23)13-8-6-12(7-9-13)15(19)18-10-4-5-14(18)16(20)21/h6-9,11,14H,4-5,10H2,1-3H3,(H,20,21)/t14-/m0/s1. The number of carboxylic acids is 1. The van der Waals surface area contributed by atoms with E-state index in [1.807, 2.05) is 0 Å². The zero-order valence-corrected chi connectivity index (χ0v) is 14.8. The van der Waals surface area contributed by atoms with Crippen molar-refractivity contribution in [3.8, 4) is 0 Å². The summed E-state index contributed by atoms with van der Waals surface area (Å²) < 4.78 is 26.1. The van der Waals surface area contributed by atoms with Crippen molar-refractivity contribution in [3.63, 3.8) is 0 Å². The molecule has 0 radical (unpaired) electrons. The van der Waals surface area contributed by atoms with Crippen LogP contribution in [0.3, 0.4) is 0 Å². The number of aliphatic carboxylic acids is 1. The third-order valence-electron chi connectivity index (χ3n) is 4.30. The molecule has 132 valence electrons. The molecule has 1 aliphatic rings. The molecule has 1 fully saturated rings. The molecule has 0 aromatic heterocycles. The average Bonchev–Trinajstić information content (AvgIpc) is 3.03. The van der Waals surface area contributed by atoms with Crippen LogP contribution < -0.4 is 0 Å². The summed E-state index contributed by atoms with van der Waals surface area (Å²) in [4.78, 5) is 25.1. The number of likely N-dealkylation sites (tertiary alicyclic amines) is 1. The third kappa shape index (κ3) is 3.44. The van der Waals surface area contributed by atoms with Crippen molar-refractivity contribution in [1.29, 1.82) is 0 Å². The second kappa shape index (κ2) is 6.90. The van der Waals surface area contributed by atoms with Crippen LogP contribution in [-0.2, 0) is 14.8 Å².